The molecule has 0 saturated carbocycles. The third-order valence-corrected chi connectivity index (χ3v) is 6.08. The average Bonchev–Trinajstić information content (AvgIpc) is 3.09. The molecule has 0 unspecified atom stereocenters. The summed E-state index contributed by atoms with van der Waals surface area (Å²) >= 11 is 1.23. The number of nitrogens with one attached hydrogen (secondary N) is 1. The number of hydrogen-bond acceptors (Lipinski definition) is 4. The Kier molecular flexibility index (Phi) is 3.78. The van der Waals surface area contributed by atoms with Crippen molar-refractivity contribution in [2.45, 2.75) is 17.1 Å². The van der Waals surface area contributed by atoms with Gasteiger partial charge in [-0.3, -0.25) is 0 Å². The molecule has 106 valence electrons. The molecule has 0 fully saturated rings. The predicted octanol–water partition coefficient (Wildman–Crippen LogP) is 2.20. The van der Waals surface area contributed by atoms with E-state index < -0.39 is 10.0 Å². The van der Waals surface area contributed by atoms with Gasteiger partial charge in [0.2, 0.25) is 10.0 Å². The van der Waals surface area contributed by atoms with Crippen LogP contribution in [0.1, 0.15) is 11.1 Å². The van der Waals surface area contributed by atoms with Crippen LogP contribution in [0.25, 0.3) is 0 Å². The van der Waals surface area contributed by atoms with Gasteiger partial charge >= 0.3 is 0 Å². The van der Waals surface area contributed by atoms with Gasteiger partial charge in [0, 0.05) is 13.0 Å². The SMILES string of the molecule is O=S(=O)(NCCc1ccc2c(c1)CCO2)c1cccs1. The largest absolute Gasteiger partial charge is 0.493 e. The van der Waals surface area contributed by atoms with Gasteiger partial charge in [0.05, 0.1) is 6.61 Å². The lowest BCUT2D eigenvalue weighted by Gasteiger charge is -2.06. The van der Waals surface area contributed by atoms with Crippen LogP contribution in [0.3, 0.4) is 0 Å². The van der Waals surface area contributed by atoms with E-state index in [-0.39, 0.29) is 0 Å². The van der Waals surface area contributed by atoms with E-state index in [1.807, 2.05) is 12.1 Å². The maximum atomic E-state index is 12.0. The fourth-order valence-corrected chi connectivity index (χ4v) is 4.28. The number of hydrogen-bond donors (Lipinski definition) is 1. The van der Waals surface area contributed by atoms with Crippen molar-refractivity contribution in [3.05, 3.63) is 46.8 Å². The van der Waals surface area contributed by atoms with Crippen LogP contribution in [-0.2, 0) is 22.9 Å². The Hall–Kier alpha value is -1.37. The number of benzene rings is 1. The molecule has 1 aromatic carbocycles. The summed E-state index contributed by atoms with van der Waals surface area (Å²) in [4.78, 5) is 0. The molecular formula is C14H15NO3S2. The highest BCUT2D eigenvalue weighted by Crippen LogP contribution is 2.26. The van der Waals surface area contributed by atoms with E-state index in [0.717, 1.165) is 24.3 Å². The standard InChI is InChI=1S/C14H15NO3S2/c16-20(17,14-2-1-9-19-14)15-7-5-11-3-4-13-12(10-11)6-8-18-13/h1-4,9-10,15H,5-8H2. The van der Waals surface area contributed by atoms with Gasteiger partial charge in [-0.25, -0.2) is 13.1 Å². The molecular weight excluding hydrogens is 294 g/mol. The van der Waals surface area contributed by atoms with E-state index >= 15 is 0 Å². The van der Waals surface area contributed by atoms with Crippen molar-refractivity contribution < 1.29 is 13.2 Å². The Labute approximate surface area is 122 Å². The van der Waals surface area contributed by atoms with Gasteiger partial charge in [0.15, 0.2) is 0 Å². The number of fused-ring (bicyclic) bond motifs is 1. The molecule has 1 N–H and O–H groups in total. The zero-order chi connectivity index (χ0) is 14.0. The van der Waals surface area contributed by atoms with Crippen LogP contribution in [0.15, 0.2) is 39.9 Å². The highest BCUT2D eigenvalue weighted by Gasteiger charge is 2.15. The van der Waals surface area contributed by atoms with Gasteiger partial charge in [0.25, 0.3) is 0 Å². The topological polar surface area (TPSA) is 55.4 Å². The predicted molar refractivity (Wildman–Crippen MR) is 78.9 cm³/mol. The van der Waals surface area contributed by atoms with Crippen LogP contribution in [-0.4, -0.2) is 21.6 Å². The van der Waals surface area contributed by atoms with Crippen molar-refractivity contribution in [1.82, 2.24) is 4.72 Å². The molecule has 1 aliphatic rings. The first kappa shape index (κ1) is 13.6. The summed E-state index contributed by atoms with van der Waals surface area (Å²) in [6.45, 7) is 1.14. The van der Waals surface area contributed by atoms with Crippen molar-refractivity contribution in [2.24, 2.45) is 0 Å². The molecule has 0 atom stereocenters. The fourth-order valence-electron chi connectivity index (χ4n) is 2.21. The van der Waals surface area contributed by atoms with Crippen LogP contribution in [0.2, 0.25) is 0 Å². The summed E-state index contributed by atoms with van der Waals surface area (Å²) < 4.78 is 32.3. The molecule has 0 bridgehead atoms. The number of ether oxygens (including phenoxy) is 1. The number of rotatable bonds is 5. The van der Waals surface area contributed by atoms with Gasteiger partial charge in [-0.05, 0) is 35.1 Å². The second kappa shape index (κ2) is 5.55. The van der Waals surface area contributed by atoms with E-state index in [4.69, 9.17) is 4.74 Å². The zero-order valence-electron chi connectivity index (χ0n) is 10.8. The van der Waals surface area contributed by atoms with E-state index in [2.05, 4.69) is 10.8 Å². The molecule has 3 rings (SSSR count). The molecule has 0 spiro atoms. The van der Waals surface area contributed by atoms with Crippen molar-refractivity contribution in [2.75, 3.05) is 13.2 Å². The molecule has 2 aromatic rings. The highest BCUT2D eigenvalue weighted by molar-refractivity contribution is 7.91. The fraction of sp³-hybridized carbons (Fsp3) is 0.286. The van der Waals surface area contributed by atoms with Gasteiger partial charge in [-0.1, -0.05) is 18.2 Å². The van der Waals surface area contributed by atoms with Crippen LogP contribution in [0, 0.1) is 0 Å². The Morgan fingerprint density at radius 1 is 1.30 bits per heavy atom. The van der Waals surface area contributed by atoms with Crippen molar-refractivity contribution in [3.8, 4) is 5.75 Å². The van der Waals surface area contributed by atoms with Crippen LogP contribution < -0.4 is 9.46 Å². The van der Waals surface area contributed by atoms with E-state index in [9.17, 15) is 8.42 Å². The molecule has 0 saturated heterocycles. The van der Waals surface area contributed by atoms with Crippen molar-refractivity contribution >= 4 is 21.4 Å². The highest BCUT2D eigenvalue weighted by atomic mass is 32.2. The Morgan fingerprint density at radius 2 is 2.20 bits per heavy atom. The lowest BCUT2D eigenvalue weighted by atomic mass is 10.1. The molecule has 2 heterocycles. The second-order valence-electron chi connectivity index (χ2n) is 4.62. The summed E-state index contributed by atoms with van der Waals surface area (Å²) in [5, 5.41) is 1.76. The van der Waals surface area contributed by atoms with Crippen molar-refractivity contribution in [3.63, 3.8) is 0 Å². The minimum absolute atomic E-state index is 0.361. The molecule has 0 radical (unpaired) electrons. The summed E-state index contributed by atoms with van der Waals surface area (Å²) in [6, 6.07) is 9.40. The quantitative estimate of drug-likeness (QED) is 0.921. The van der Waals surface area contributed by atoms with Gasteiger partial charge in [-0.15, -0.1) is 11.3 Å². The Bertz CT molecular complexity index is 693. The van der Waals surface area contributed by atoms with E-state index in [1.54, 1.807) is 17.5 Å². The first-order valence-corrected chi connectivity index (χ1v) is 8.79. The average molecular weight is 309 g/mol. The minimum atomic E-state index is -3.35. The van der Waals surface area contributed by atoms with Gasteiger partial charge < -0.3 is 4.74 Å². The summed E-state index contributed by atoms with van der Waals surface area (Å²) in [6.07, 6.45) is 1.61. The molecule has 20 heavy (non-hydrogen) atoms. The number of thiophene rings is 1. The maximum Gasteiger partial charge on any atom is 0.250 e. The third-order valence-electron chi connectivity index (χ3n) is 3.22. The summed E-state index contributed by atoms with van der Waals surface area (Å²) in [5.41, 5.74) is 2.34. The van der Waals surface area contributed by atoms with Gasteiger partial charge in [-0.2, -0.15) is 0 Å². The third kappa shape index (κ3) is 2.87. The van der Waals surface area contributed by atoms with E-state index in [0.29, 0.717) is 17.2 Å². The minimum Gasteiger partial charge on any atom is -0.493 e. The smallest absolute Gasteiger partial charge is 0.250 e. The molecule has 4 nitrogen and oxygen atoms in total. The maximum absolute atomic E-state index is 12.0. The Morgan fingerprint density at radius 3 is 3.00 bits per heavy atom. The van der Waals surface area contributed by atoms with Crippen LogP contribution in [0.5, 0.6) is 5.75 Å². The van der Waals surface area contributed by atoms with Crippen LogP contribution in [0.4, 0.5) is 0 Å². The molecule has 6 heteroatoms. The first-order chi connectivity index (χ1) is 9.65. The molecule has 1 aliphatic heterocycles. The summed E-state index contributed by atoms with van der Waals surface area (Å²) in [7, 11) is -3.35. The van der Waals surface area contributed by atoms with Crippen LogP contribution >= 0.6 is 11.3 Å². The lowest BCUT2D eigenvalue weighted by Crippen LogP contribution is -2.25. The Balaban J connectivity index is 1.60. The summed E-state index contributed by atoms with van der Waals surface area (Å²) in [5.74, 6) is 0.952. The molecule has 0 aliphatic carbocycles. The van der Waals surface area contributed by atoms with Crippen molar-refractivity contribution in [1.29, 1.82) is 0 Å². The van der Waals surface area contributed by atoms with Gasteiger partial charge in [0.1, 0.15) is 9.96 Å². The monoisotopic (exact) mass is 309 g/mol. The molecule has 0 amide bonds. The lowest BCUT2D eigenvalue weighted by molar-refractivity contribution is 0.357. The number of sulfonamides is 1. The zero-order valence-corrected chi connectivity index (χ0v) is 12.5. The van der Waals surface area contributed by atoms with E-state index in [1.165, 1.54) is 16.9 Å². The second-order valence-corrected chi connectivity index (χ2v) is 7.56. The first-order valence-electron chi connectivity index (χ1n) is 6.43. The normalized spacial score (nSPS) is 14.0. The molecule has 1 aromatic heterocycles.